The predicted molar refractivity (Wildman–Crippen MR) is 85.4 cm³/mol. The van der Waals surface area contributed by atoms with E-state index in [1.54, 1.807) is 0 Å². The Morgan fingerprint density at radius 3 is 2.62 bits per heavy atom. The maximum Gasteiger partial charge on any atom is 0.330 e. The lowest BCUT2D eigenvalue weighted by Crippen LogP contribution is -2.44. The summed E-state index contributed by atoms with van der Waals surface area (Å²) in [6.07, 6.45) is 0. The lowest BCUT2D eigenvalue weighted by Gasteiger charge is -2.14. The number of aliphatic hydroxyl groups excluding tert-OH is 1. The minimum atomic E-state index is -1.02. The van der Waals surface area contributed by atoms with Crippen LogP contribution in [0.3, 0.4) is 0 Å². The summed E-state index contributed by atoms with van der Waals surface area (Å²) >= 11 is 4.84. The number of carbonyl (C=O) groups excluding carboxylic acids is 2. The van der Waals surface area contributed by atoms with Gasteiger partial charge in [-0.2, -0.15) is 0 Å². The van der Waals surface area contributed by atoms with E-state index in [4.69, 9.17) is 5.11 Å². The highest BCUT2D eigenvalue weighted by Crippen LogP contribution is 2.28. The summed E-state index contributed by atoms with van der Waals surface area (Å²) in [6.45, 7) is 3.46. The maximum atomic E-state index is 11.8. The Kier molecular flexibility index (Phi) is 7.21. The molecule has 2 N–H and O–H groups in total. The Morgan fingerprint density at radius 1 is 1.38 bits per heavy atom. The van der Waals surface area contributed by atoms with Gasteiger partial charge in [0, 0.05) is 9.37 Å². The van der Waals surface area contributed by atoms with Crippen molar-refractivity contribution in [3.05, 3.63) is 27.7 Å². The topological polar surface area (TPSA) is 75.6 Å². The molecule has 1 atom stereocenters. The average Bonchev–Trinajstić information content (AvgIpc) is 2.46. The number of benzene rings is 1. The molecule has 0 unspecified atom stereocenters. The monoisotopic (exact) mass is 375 g/mol. The van der Waals surface area contributed by atoms with Gasteiger partial charge in [0.25, 0.3) is 0 Å². The van der Waals surface area contributed by atoms with Gasteiger partial charge >= 0.3 is 5.97 Å². The molecule has 1 amide bonds. The number of aliphatic hydroxyl groups is 1. The summed E-state index contributed by atoms with van der Waals surface area (Å²) in [4.78, 5) is 24.1. The van der Waals surface area contributed by atoms with E-state index in [9.17, 15) is 9.59 Å². The summed E-state index contributed by atoms with van der Waals surface area (Å²) in [5.41, 5.74) is 2.16. The first kappa shape index (κ1) is 18.0. The fraction of sp³-hybridized carbons (Fsp3) is 0.429. The number of thioether (sulfide) groups is 1. The summed E-state index contributed by atoms with van der Waals surface area (Å²) in [6, 6.07) is 2.98. The lowest BCUT2D eigenvalue weighted by molar-refractivity contribution is -0.145. The number of methoxy groups -OCH3 is 1. The number of hydrogen-bond donors (Lipinski definition) is 2. The number of rotatable bonds is 6. The highest BCUT2D eigenvalue weighted by atomic mass is 79.9. The Bertz CT molecular complexity index is 536. The van der Waals surface area contributed by atoms with Crippen molar-refractivity contribution in [2.45, 2.75) is 24.8 Å². The first-order valence-corrected chi connectivity index (χ1v) is 8.04. The third-order valence-corrected chi connectivity index (χ3v) is 4.83. The quantitative estimate of drug-likeness (QED) is 0.585. The number of carbonyl (C=O) groups is 2. The van der Waals surface area contributed by atoms with Crippen LogP contribution in [0.2, 0.25) is 0 Å². The molecule has 1 aromatic carbocycles. The van der Waals surface area contributed by atoms with Gasteiger partial charge in [0.05, 0.1) is 19.5 Å². The number of amides is 1. The Labute approximate surface area is 136 Å². The maximum absolute atomic E-state index is 11.8. The van der Waals surface area contributed by atoms with Crippen LogP contribution in [0, 0.1) is 13.8 Å². The summed E-state index contributed by atoms with van der Waals surface area (Å²) in [5, 5.41) is 11.5. The summed E-state index contributed by atoms with van der Waals surface area (Å²) < 4.78 is 5.52. The van der Waals surface area contributed by atoms with Crippen molar-refractivity contribution >= 4 is 39.6 Å². The average molecular weight is 376 g/mol. The van der Waals surface area contributed by atoms with Crippen LogP contribution in [0.15, 0.2) is 21.5 Å². The number of aryl methyl sites for hydroxylation is 2. The molecule has 0 aliphatic carbocycles. The standard InChI is InChI=1S/C14H18BrNO4S/c1-8-5-12(9(2)4-10(8)15)21-7-13(18)16-11(6-17)14(19)20-3/h4-5,11,17H,6-7H2,1-3H3,(H,16,18)/t11-/m1/s1. The van der Waals surface area contributed by atoms with Crippen LogP contribution in [0.1, 0.15) is 11.1 Å². The van der Waals surface area contributed by atoms with Crippen molar-refractivity contribution in [1.29, 1.82) is 0 Å². The second-order valence-electron chi connectivity index (χ2n) is 4.48. The normalized spacial score (nSPS) is 11.9. The van der Waals surface area contributed by atoms with Gasteiger partial charge in [-0.3, -0.25) is 4.79 Å². The Hall–Kier alpha value is -1.05. The molecule has 0 aliphatic rings. The van der Waals surface area contributed by atoms with Crippen molar-refractivity contribution in [3.63, 3.8) is 0 Å². The van der Waals surface area contributed by atoms with E-state index in [0.717, 1.165) is 20.5 Å². The van der Waals surface area contributed by atoms with Crippen LogP contribution in [0.25, 0.3) is 0 Å². The van der Waals surface area contributed by atoms with Crippen molar-refractivity contribution in [2.24, 2.45) is 0 Å². The van der Waals surface area contributed by atoms with E-state index in [1.165, 1.54) is 18.9 Å². The second kappa shape index (κ2) is 8.41. The molecule has 0 heterocycles. The number of nitrogens with one attached hydrogen (secondary N) is 1. The largest absolute Gasteiger partial charge is 0.467 e. The number of esters is 1. The van der Waals surface area contributed by atoms with E-state index in [0.29, 0.717) is 0 Å². The van der Waals surface area contributed by atoms with E-state index in [2.05, 4.69) is 26.0 Å². The molecule has 0 aliphatic heterocycles. The SMILES string of the molecule is COC(=O)[C@@H](CO)NC(=O)CSc1cc(C)c(Br)cc1C. The molecule has 0 saturated carbocycles. The van der Waals surface area contributed by atoms with E-state index in [-0.39, 0.29) is 11.7 Å². The van der Waals surface area contributed by atoms with Crippen LogP contribution in [0.5, 0.6) is 0 Å². The zero-order chi connectivity index (χ0) is 16.0. The number of ether oxygens (including phenoxy) is 1. The lowest BCUT2D eigenvalue weighted by atomic mass is 10.2. The Balaban J connectivity index is 2.61. The van der Waals surface area contributed by atoms with Gasteiger partial charge in [0.15, 0.2) is 6.04 Å². The van der Waals surface area contributed by atoms with Gasteiger partial charge in [0.2, 0.25) is 5.91 Å². The zero-order valence-electron chi connectivity index (χ0n) is 12.1. The first-order valence-electron chi connectivity index (χ1n) is 6.26. The highest BCUT2D eigenvalue weighted by molar-refractivity contribution is 9.10. The minimum Gasteiger partial charge on any atom is -0.467 e. The predicted octanol–water partition coefficient (Wildman–Crippen LogP) is 1.81. The van der Waals surface area contributed by atoms with E-state index >= 15 is 0 Å². The molecule has 1 aromatic rings. The molecule has 7 heteroatoms. The van der Waals surface area contributed by atoms with Gasteiger partial charge in [-0.1, -0.05) is 15.9 Å². The van der Waals surface area contributed by atoms with Crippen LogP contribution in [-0.2, 0) is 14.3 Å². The highest BCUT2D eigenvalue weighted by Gasteiger charge is 2.20. The molecular weight excluding hydrogens is 358 g/mol. The zero-order valence-corrected chi connectivity index (χ0v) is 14.5. The molecular formula is C14H18BrNO4S. The fourth-order valence-electron chi connectivity index (χ4n) is 1.61. The van der Waals surface area contributed by atoms with Crippen LogP contribution < -0.4 is 5.32 Å². The molecule has 0 saturated heterocycles. The van der Waals surface area contributed by atoms with Crippen LogP contribution in [0.4, 0.5) is 0 Å². The molecule has 0 bridgehead atoms. The van der Waals surface area contributed by atoms with E-state index < -0.39 is 18.6 Å². The van der Waals surface area contributed by atoms with Gasteiger partial charge in [0.1, 0.15) is 0 Å². The Morgan fingerprint density at radius 2 is 2.05 bits per heavy atom. The molecule has 0 radical (unpaired) electrons. The number of hydrogen-bond acceptors (Lipinski definition) is 5. The van der Waals surface area contributed by atoms with Crippen molar-refractivity contribution in [2.75, 3.05) is 19.5 Å². The van der Waals surface area contributed by atoms with Gasteiger partial charge in [-0.05, 0) is 37.1 Å². The molecule has 116 valence electrons. The fourth-order valence-corrected chi connectivity index (χ4v) is 2.99. The number of halogens is 1. The first-order chi connectivity index (χ1) is 9.88. The van der Waals surface area contributed by atoms with Crippen molar-refractivity contribution in [1.82, 2.24) is 5.32 Å². The minimum absolute atomic E-state index is 0.162. The molecule has 0 spiro atoms. The molecule has 21 heavy (non-hydrogen) atoms. The third kappa shape index (κ3) is 5.33. The van der Waals surface area contributed by atoms with Crippen LogP contribution >= 0.6 is 27.7 Å². The smallest absolute Gasteiger partial charge is 0.330 e. The van der Waals surface area contributed by atoms with Crippen molar-refractivity contribution < 1.29 is 19.4 Å². The summed E-state index contributed by atoms with van der Waals surface area (Å²) in [7, 11) is 1.21. The van der Waals surface area contributed by atoms with Crippen LogP contribution in [-0.4, -0.2) is 42.5 Å². The van der Waals surface area contributed by atoms with E-state index in [1.807, 2.05) is 26.0 Å². The second-order valence-corrected chi connectivity index (χ2v) is 6.35. The molecule has 0 aromatic heterocycles. The molecule has 0 fully saturated rings. The van der Waals surface area contributed by atoms with Gasteiger partial charge in [-0.25, -0.2) is 4.79 Å². The molecule has 1 rings (SSSR count). The third-order valence-electron chi connectivity index (χ3n) is 2.82. The van der Waals surface area contributed by atoms with Gasteiger partial charge in [-0.15, -0.1) is 11.8 Å². The van der Waals surface area contributed by atoms with Gasteiger partial charge < -0.3 is 15.2 Å². The summed E-state index contributed by atoms with van der Waals surface area (Å²) in [5.74, 6) is -0.828. The molecule has 5 nitrogen and oxygen atoms in total. The van der Waals surface area contributed by atoms with Crippen molar-refractivity contribution in [3.8, 4) is 0 Å².